The van der Waals surface area contributed by atoms with E-state index in [0.717, 1.165) is 35.0 Å². The fourth-order valence-electron chi connectivity index (χ4n) is 1.87. The van der Waals surface area contributed by atoms with Gasteiger partial charge in [0.05, 0.1) is 17.9 Å². The van der Waals surface area contributed by atoms with Crippen molar-refractivity contribution in [3.8, 4) is 0 Å². The predicted octanol–water partition coefficient (Wildman–Crippen LogP) is 2.33. The van der Waals surface area contributed by atoms with Crippen LogP contribution < -0.4 is 11.1 Å². The molecule has 0 bridgehead atoms. The SMILES string of the molecule is CCCc1nn(C)c(NCc2ncc(C)s2)c1N. The Morgan fingerprint density at radius 2 is 2.28 bits per heavy atom. The average Bonchev–Trinajstić information content (AvgIpc) is 2.84. The van der Waals surface area contributed by atoms with Gasteiger partial charge in [-0.05, 0) is 13.3 Å². The number of rotatable bonds is 5. The van der Waals surface area contributed by atoms with Crippen LogP contribution in [0.25, 0.3) is 0 Å². The Morgan fingerprint density at radius 1 is 1.50 bits per heavy atom. The Hall–Kier alpha value is -1.56. The normalized spacial score (nSPS) is 10.8. The Morgan fingerprint density at radius 3 is 2.89 bits per heavy atom. The van der Waals surface area contributed by atoms with Crippen LogP contribution in [0.5, 0.6) is 0 Å². The maximum absolute atomic E-state index is 6.10. The van der Waals surface area contributed by atoms with E-state index < -0.39 is 0 Å². The molecule has 2 rings (SSSR count). The lowest BCUT2D eigenvalue weighted by molar-refractivity contribution is 0.735. The van der Waals surface area contributed by atoms with Crippen molar-refractivity contribution in [3.63, 3.8) is 0 Å². The smallest absolute Gasteiger partial charge is 0.148 e. The number of nitrogens with two attached hydrogens (primary N) is 1. The van der Waals surface area contributed by atoms with Gasteiger partial charge < -0.3 is 11.1 Å². The van der Waals surface area contributed by atoms with Crippen LogP contribution in [0.1, 0.15) is 28.9 Å². The molecule has 0 spiro atoms. The monoisotopic (exact) mass is 265 g/mol. The number of aromatic nitrogens is 3. The number of nitrogens with one attached hydrogen (secondary N) is 1. The minimum atomic E-state index is 0.688. The van der Waals surface area contributed by atoms with E-state index in [4.69, 9.17) is 5.73 Å². The minimum absolute atomic E-state index is 0.688. The van der Waals surface area contributed by atoms with Crippen LogP contribution in [0, 0.1) is 6.92 Å². The fraction of sp³-hybridized carbons (Fsp3) is 0.500. The second-order valence-corrected chi connectivity index (χ2v) is 5.62. The lowest BCUT2D eigenvalue weighted by Crippen LogP contribution is -2.06. The maximum atomic E-state index is 6.10. The van der Waals surface area contributed by atoms with Gasteiger partial charge in [-0.2, -0.15) is 5.10 Å². The van der Waals surface area contributed by atoms with Crippen molar-refractivity contribution in [3.05, 3.63) is 21.8 Å². The van der Waals surface area contributed by atoms with Gasteiger partial charge in [0, 0.05) is 18.1 Å². The Kier molecular flexibility index (Phi) is 3.86. The lowest BCUT2D eigenvalue weighted by Gasteiger charge is -2.05. The third-order valence-corrected chi connectivity index (χ3v) is 3.64. The van der Waals surface area contributed by atoms with Gasteiger partial charge in [-0.15, -0.1) is 11.3 Å². The summed E-state index contributed by atoms with van der Waals surface area (Å²) in [5.41, 5.74) is 7.82. The molecule has 0 atom stereocenters. The van der Waals surface area contributed by atoms with Crippen molar-refractivity contribution in [2.45, 2.75) is 33.2 Å². The molecule has 0 unspecified atom stereocenters. The van der Waals surface area contributed by atoms with Crippen LogP contribution in [-0.4, -0.2) is 14.8 Å². The molecule has 2 heterocycles. The van der Waals surface area contributed by atoms with Gasteiger partial charge in [0.1, 0.15) is 10.8 Å². The van der Waals surface area contributed by atoms with Crippen molar-refractivity contribution in [1.82, 2.24) is 14.8 Å². The summed E-state index contributed by atoms with van der Waals surface area (Å²) >= 11 is 1.69. The summed E-state index contributed by atoms with van der Waals surface area (Å²) in [5, 5.41) is 8.80. The molecule has 0 saturated heterocycles. The van der Waals surface area contributed by atoms with E-state index in [-0.39, 0.29) is 0 Å². The first-order chi connectivity index (χ1) is 8.61. The van der Waals surface area contributed by atoms with E-state index in [1.807, 2.05) is 13.2 Å². The van der Waals surface area contributed by atoms with Gasteiger partial charge in [-0.25, -0.2) is 4.98 Å². The van der Waals surface area contributed by atoms with Crippen LogP contribution in [-0.2, 0) is 20.0 Å². The molecular weight excluding hydrogens is 246 g/mol. The lowest BCUT2D eigenvalue weighted by atomic mass is 10.2. The molecule has 18 heavy (non-hydrogen) atoms. The van der Waals surface area contributed by atoms with Crippen molar-refractivity contribution in [2.24, 2.45) is 7.05 Å². The second-order valence-electron chi connectivity index (χ2n) is 4.30. The summed E-state index contributed by atoms with van der Waals surface area (Å²) < 4.78 is 1.81. The molecule has 2 aromatic heterocycles. The van der Waals surface area contributed by atoms with Crippen LogP contribution in [0.15, 0.2) is 6.20 Å². The average molecular weight is 265 g/mol. The Balaban J connectivity index is 2.09. The number of aryl methyl sites for hydroxylation is 3. The summed E-state index contributed by atoms with van der Waals surface area (Å²) in [6.45, 7) is 4.87. The van der Waals surface area contributed by atoms with Gasteiger partial charge in [0.15, 0.2) is 0 Å². The van der Waals surface area contributed by atoms with Crippen molar-refractivity contribution < 1.29 is 0 Å². The first-order valence-electron chi connectivity index (χ1n) is 6.08. The highest BCUT2D eigenvalue weighted by Crippen LogP contribution is 2.24. The first-order valence-corrected chi connectivity index (χ1v) is 6.90. The van der Waals surface area contributed by atoms with Crippen LogP contribution in [0.3, 0.4) is 0 Å². The first kappa shape index (κ1) is 12.9. The topological polar surface area (TPSA) is 68.8 Å². The van der Waals surface area contributed by atoms with Crippen molar-refractivity contribution in [1.29, 1.82) is 0 Å². The third kappa shape index (κ3) is 2.64. The zero-order valence-corrected chi connectivity index (χ0v) is 11.8. The Bertz CT molecular complexity index is 529. The highest BCUT2D eigenvalue weighted by Gasteiger charge is 2.12. The Labute approximate surface area is 111 Å². The fourth-order valence-corrected chi connectivity index (χ4v) is 2.60. The third-order valence-electron chi connectivity index (χ3n) is 2.72. The van der Waals surface area contributed by atoms with Crippen LogP contribution >= 0.6 is 11.3 Å². The molecule has 5 nitrogen and oxygen atoms in total. The molecule has 0 aliphatic carbocycles. The molecule has 0 aromatic carbocycles. The predicted molar refractivity (Wildman–Crippen MR) is 75.8 cm³/mol. The number of hydrogen-bond acceptors (Lipinski definition) is 5. The summed E-state index contributed by atoms with van der Waals surface area (Å²) in [7, 11) is 1.91. The number of nitrogens with zero attached hydrogens (tertiary/aromatic N) is 3. The van der Waals surface area contributed by atoms with E-state index in [0.29, 0.717) is 6.54 Å². The van der Waals surface area contributed by atoms with Gasteiger partial charge in [-0.1, -0.05) is 13.3 Å². The molecule has 0 aliphatic rings. The van der Waals surface area contributed by atoms with E-state index in [2.05, 4.69) is 29.2 Å². The molecule has 0 aliphatic heterocycles. The summed E-state index contributed by atoms with van der Waals surface area (Å²) in [6, 6.07) is 0. The van der Waals surface area contributed by atoms with Gasteiger partial charge in [0.25, 0.3) is 0 Å². The second kappa shape index (κ2) is 5.39. The van der Waals surface area contributed by atoms with E-state index in [1.165, 1.54) is 4.88 Å². The summed E-state index contributed by atoms with van der Waals surface area (Å²) in [4.78, 5) is 5.54. The minimum Gasteiger partial charge on any atom is -0.394 e. The highest BCUT2D eigenvalue weighted by molar-refractivity contribution is 7.11. The van der Waals surface area contributed by atoms with E-state index in [9.17, 15) is 0 Å². The van der Waals surface area contributed by atoms with Gasteiger partial charge >= 0.3 is 0 Å². The highest BCUT2D eigenvalue weighted by atomic mass is 32.1. The zero-order chi connectivity index (χ0) is 13.1. The summed E-state index contributed by atoms with van der Waals surface area (Å²) in [5.74, 6) is 0.881. The molecule has 0 amide bonds. The zero-order valence-electron chi connectivity index (χ0n) is 11.0. The molecule has 98 valence electrons. The number of thiazole rings is 1. The number of hydrogen-bond donors (Lipinski definition) is 2. The van der Waals surface area contributed by atoms with E-state index in [1.54, 1.807) is 16.0 Å². The molecular formula is C12H19N5S. The van der Waals surface area contributed by atoms with Crippen LogP contribution in [0.2, 0.25) is 0 Å². The van der Waals surface area contributed by atoms with Crippen molar-refractivity contribution in [2.75, 3.05) is 11.1 Å². The molecule has 3 N–H and O–H groups in total. The van der Waals surface area contributed by atoms with Crippen LogP contribution in [0.4, 0.5) is 11.5 Å². The maximum Gasteiger partial charge on any atom is 0.148 e. The van der Waals surface area contributed by atoms with E-state index >= 15 is 0 Å². The summed E-state index contributed by atoms with van der Waals surface area (Å²) in [6.07, 6.45) is 3.85. The molecule has 0 fully saturated rings. The van der Waals surface area contributed by atoms with Gasteiger partial charge in [-0.3, -0.25) is 4.68 Å². The largest absolute Gasteiger partial charge is 0.394 e. The molecule has 0 saturated carbocycles. The quantitative estimate of drug-likeness (QED) is 0.870. The number of anilines is 2. The van der Waals surface area contributed by atoms with Crippen molar-refractivity contribution >= 4 is 22.8 Å². The molecule has 0 radical (unpaired) electrons. The molecule has 2 aromatic rings. The molecule has 6 heteroatoms. The number of nitrogen functional groups attached to an aromatic ring is 1. The standard InChI is InChI=1S/C12H19N5S/c1-4-5-9-11(13)12(17(3)16-9)15-7-10-14-6-8(2)18-10/h6,15H,4-5,7,13H2,1-3H3. The van der Waals surface area contributed by atoms with Gasteiger partial charge in [0.2, 0.25) is 0 Å².